The summed E-state index contributed by atoms with van der Waals surface area (Å²) in [5.74, 6) is 0. The molecule has 12 heavy (non-hydrogen) atoms. The molecule has 2 heteroatoms. The van der Waals surface area contributed by atoms with Crippen molar-refractivity contribution in [3.05, 3.63) is 35.4 Å². The summed E-state index contributed by atoms with van der Waals surface area (Å²) in [5.41, 5.74) is 2.67. The maximum Gasteiger partial charge on any atom is 0.0720 e. The molecule has 64 valence electrons. The van der Waals surface area contributed by atoms with Crippen molar-refractivity contribution in [2.45, 2.75) is 13.2 Å². The smallest absolute Gasteiger partial charge is 0.0720 e. The average molecular weight is 163 g/mol. The summed E-state index contributed by atoms with van der Waals surface area (Å²) in [5, 5.41) is 3.32. The minimum Gasteiger partial charge on any atom is -0.375 e. The molecule has 2 rings (SSSR count). The lowest BCUT2D eigenvalue weighted by atomic mass is 10.1. The molecule has 0 saturated carbocycles. The van der Waals surface area contributed by atoms with Crippen molar-refractivity contribution in [1.82, 2.24) is 5.32 Å². The Hall–Kier alpha value is -0.860. The van der Waals surface area contributed by atoms with Gasteiger partial charge >= 0.3 is 0 Å². The Morgan fingerprint density at radius 3 is 2.92 bits per heavy atom. The van der Waals surface area contributed by atoms with Crippen molar-refractivity contribution in [3.63, 3.8) is 0 Å². The second-order valence-electron chi connectivity index (χ2n) is 3.00. The molecule has 1 aliphatic rings. The zero-order chi connectivity index (χ0) is 8.23. The predicted octanol–water partition coefficient (Wildman–Crippen LogP) is 1.31. The Kier molecular flexibility index (Phi) is 2.39. The zero-order valence-corrected chi connectivity index (χ0v) is 7.05. The molecule has 1 aliphatic heterocycles. The van der Waals surface area contributed by atoms with Crippen molar-refractivity contribution in [2.24, 2.45) is 0 Å². The highest BCUT2D eigenvalue weighted by Gasteiger charge is 2.03. The van der Waals surface area contributed by atoms with Gasteiger partial charge < -0.3 is 10.1 Å². The fourth-order valence-electron chi connectivity index (χ4n) is 1.42. The molecule has 0 amide bonds. The first-order chi connectivity index (χ1) is 5.97. The summed E-state index contributed by atoms with van der Waals surface area (Å²) in [6.07, 6.45) is 0. The van der Waals surface area contributed by atoms with Gasteiger partial charge in [-0.15, -0.1) is 0 Å². The largest absolute Gasteiger partial charge is 0.375 e. The molecule has 0 radical (unpaired) electrons. The van der Waals surface area contributed by atoms with Crippen LogP contribution in [0.4, 0.5) is 0 Å². The normalized spacial score (nSPS) is 17.7. The number of hydrogen-bond acceptors (Lipinski definition) is 2. The van der Waals surface area contributed by atoms with E-state index in [1.54, 1.807) is 0 Å². The van der Waals surface area contributed by atoms with Gasteiger partial charge in [0.25, 0.3) is 0 Å². The van der Waals surface area contributed by atoms with Crippen LogP contribution in [-0.2, 0) is 17.9 Å². The number of nitrogens with one attached hydrogen (secondary N) is 1. The highest BCUT2D eigenvalue weighted by molar-refractivity contribution is 5.26. The second kappa shape index (κ2) is 3.70. The molecule has 1 aromatic carbocycles. The van der Waals surface area contributed by atoms with Crippen molar-refractivity contribution in [3.8, 4) is 0 Å². The van der Waals surface area contributed by atoms with E-state index in [0.717, 1.165) is 26.3 Å². The molecular weight excluding hydrogens is 150 g/mol. The molecule has 0 aliphatic carbocycles. The maximum atomic E-state index is 5.44. The Bertz CT molecular complexity index is 233. The van der Waals surface area contributed by atoms with Gasteiger partial charge in [0.05, 0.1) is 13.2 Å². The number of rotatable bonds is 0. The number of benzene rings is 1. The summed E-state index contributed by atoms with van der Waals surface area (Å²) in [7, 11) is 0. The Balaban J connectivity index is 2.24. The Labute approximate surface area is 72.5 Å². The standard InChI is InChI=1S/C10H13NO/c1-2-4-10-8-12-6-5-11-7-9(10)3-1/h1-4,11H,5-8H2. The summed E-state index contributed by atoms with van der Waals surface area (Å²) < 4.78 is 5.44. The lowest BCUT2D eigenvalue weighted by molar-refractivity contribution is 0.118. The van der Waals surface area contributed by atoms with Crippen LogP contribution in [-0.4, -0.2) is 13.2 Å². The van der Waals surface area contributed by atoms with Crippen LogP contribution in [0.3, 0.4) is 0 Å². The van der Waals surface area contributed by atoms with Crippen LogP contribution in [0.25, 0.3) is 0 Å². The molecule has 0 atom stereocenters. The fourth-order valence-corrected chi connectivity index (χ4v) is 1.42. The zero-order valence-electron chi connectivity index (χ0n) is 7.05. The maximum absolute atomic E-state index is 5.44. The average Bonchev–Trinajstić information content (AvgIpc) is 2.06. The summed E-state index contributed by atoms with van der Waals surface area (Å²) in [6, 6.07) is 8.41. The molecule has 0 unspecified atom stereocenters. The minimum atomic E-state index is 0.762. The Morgan fingerprint density at radius 2 is 2.00 bits per heavy atom. The predicted molar refractivity (Wildman–Crippen MR) is 47.8 cm³/mol. The van der Waals surface area contributed by atoms with E-state index in [1.807, 2.05) is 0 Å². The number of ether oxygens (including phenoxy) is 1. The third kappa shape index (κ3) is 1.65. The second-order valence-corrected chi connectivity index (χ2v) is 3.00. The molecule has 1 heterocycles. The molecule has 0 bridgehead atoms. The highest BCUT2D eigenvalue weighted by atomic mass is 16.5. The highest BCUT2D eigenvalue weighted by Crippen LogP contribution is 2.10. The van der Waals surface area contributed by atoms with Crippen LogP contribution in [0, 0.1) is 0 Å². The molecule has 0 spiro atoms. The van der Waals surface area contributed by atoms with Gasteiger partial charge in [-0.3, -0.25) is 0 Å². The SMILES string of the molecule is c1ccc2c(c1)CNCCOC2. The topological polar surface area (TPSA) is 21.3 Å². The quantitative estimate of drug-likeness (QED) is 0.622. The number of fused-ring (bicyclic) bond motifs is 1. The molecule has 0 fully saturated rings. The van der Waals surface area contributed by atoms with Gasteiger partial charge in [0.2, 0.25) is 0 Å². The van der Waals surface area contributed by atoms with Crippen LogP contribution in [0.2, 0.25) is 0 Å². The first kappa shape index (κ1) is 7.77. The monoisotopic (exact) mass is 163 g/mol. The fraction of sp³-hybridized carbons (Fsp3) is 0.400. The van der Waals surface area contributed by atoms with Gasteiger partial charge in [-0.05, 0) is 11.1 Å². The first-order valence-corrected chi connectivity index (χ1v) is 4.32. The van der Waals surface area contributed by atoms with E-state index < -0.39 is 0 Å². The van der Waals surface area contributed by atoms with E-state index in [4.69, 9.17) is 4.74 Å². The molecule has 0 saturated heterocycles. The van der Waals surface area contributed by atoms with E-state index in [-0.39, 0.29) is 0 Å². The van der Waals surface area contributed by atoms with Gasteiger partial charge in [-0.1, -0.05) is 24.3 Å². The van der Waals surface area contributed by atoms with Crippen molar-refractivity contribution in [2.75, 3.05) is 13.2 Å². The molecule has 1 N–H and O–H groups in total. The third-order valence-electron chi connectivity index (χ3n) is 2.11. The molecule has 1 aromatic rings. The lowest BCUT2D eigenvalue weighted by Crippen LogP contribution is -2.22. The van der Waals surface area contributed by atoms with Crippen molar-refractivity contribution >= 4 is 0 Å². The summed E-state index contributed by atoms with van der Waals surface area (Å²) >= 11 is 0. The molecule has 0 aromatic heterocycles. The van der Waals surface area contributed by atoms with Crippen molar-refractivity contribution < 1.29 is 4.74 Å². The summed E-state index contributed by atoms with van der Waals surface area (Å²) in [4.78, 5) is 0. The van der Waals surface area contributed by atoms with Crippen molar-refractivity contribution in [1.29, 1.82) is 0 Å². The van der Waals surface area contributed by atoms with Crippen LogP contribution < -0.4 is 5.32 Å². The van der Waals surface area contributed by atoms with E-state index in [2.05, 4.69) is 29.6 Å². The third-order valence-corrected chi connectivity index (χ3v) is 2.11. The van der Waals surface area contributed by atoms with Crippen LogP contribution >= 0.6 is 0 Å². The van der Waals surface area contributed by atoms with Gasteiger partial charge in [-0.25, -0.2) is 0 Å². The van der Waals surface area contributed by atoms with Gasteiger partial charge in [0.1, 0.15) is 0 Å². The summed E-state index contributed by atoms with van der Waals surface area (Å²) in [6.45, 7) is 3.50. The first-order valence-electron chi connectivity index (χ1n) is 4.32. The Morgan fingerprint density at radius 1 is 1.17 bits per heavy atom. The molecular formula is C10H13NO. The van der Waals surface area contributed by atoms with Gasteiger partial charge in [-0.2, -0.15) is 0 Å². The van der Waals surface area contributed by atoms with E-state index in [9.17, 15) is 0 Å². The van der Waals surface area contributed by atoms with Gasteiger partial charge in [0, 0.05) is 13.1 Å². The lowest BCUT2D eigenvalue weighted by Gasteiger charge is -2.14. The van der Waals surface area contributed by atoms with Crippen LogP contribution in [0.5, 0.6) is 0 Å². The van der Waals surface area contributed by atoms with Crippen LogP contribution in [0.1, 0.15) is 11.1 Å². The van der Waals surface area contributed by atoms with E-state index in [1.165, 1.54) is 11.1 Å². The van der Waals surface area contributed by atoms with E-state index >= 15 is 0 Å². The van der Waals surface area contributed by atoms with Crippen LogP contribution in [0.15, 0.2) is 24.3 Å². The van der Waals surface area contributed by atoms with E-state index in [0.29, 0.717) is 0 Å². The number of hydrogen-bond donors (Lipinski definition) is 1. The van der Waals surface area contributed by atoms with Gasteiger partial charge in [0.15, 0.2) is 0 Å². The molecule has 2 nitrogen and oxygen atoms in total. The minimum absolute atomic E-state index is 0.762.